The minimum Gasteiger partial charge on any atom is -0.395 e. The van der Waals surface area contributed by atoms with Gasteiger partial charge in [-0.2, -0.15) is 0 Å². The van der Waals surface area contributed by atoms with Crippen LogP contribution in [0.25, 0.3) is 0 Å². The van der Waals surface area contributed by atoms with E-state index in [4.69, 9.17) is 10.2 Å². The van der Waals surface area contributed by atoms with Crippen LogP contribution in [0.3, 0.4) is 0 Å². The van der Waals surface area contributed by atoms with Gasteiger partial charge in [-0.1, -0.05) is 12.1 Å². The standard InChI is InChI=1S/C12H18FNO2/c1-9(14-12(7-15)8-16)6-10-2-4-11(13)5-3-10/h2-5,9,12,14-16H,6-8H2,1H3. The van der Waals surface area contributed by atoms with Gasteiger partial charge in [0.05, 0.1) is 19.3 Å². The maximum atomic E-state index is 12.7. The molecule has 0 aliphatic rings. The monoisotopic (exact) mass is 227 g/mol. The number of hydrogen-bond acceptors (Lipinski definition) is 3. The minimum absolute atomic E-state index is 0.0930. The molecule has 0 aliphatic carbocycles. The highest BCUT2D eigenvalue weighted by atomic mass is 19.1. The van der Waals surface area contributed by atoms with Crippen LogP contribution < -0.4 is 5.32 Å². The highest BCUT2D eigenvalue weighted by molar-refractivity contribution is 5.17. The zero-order valence-corrected chi connectivity index (χ0v) is 9.36. The van der Waals surface area contributed by atoms with E-state index in [-0.39, 0.29) is 31.1 Å². The molecule has 3 nitrogen and oxygen atoms in total. The molecule has 1 atom stereocenters. The Morgan fingerprint density at radius 3 is 2.25 bits per heavy atom. The normalized spacial score (nSPS) is 13.1. The molecular weight excluding hydrogens is 209 g/mol. The van der Waals surface area contributed by atoms with E-state index in [2.05, 4.69) is 5.32 Å². The second-order valence-corrected chi connectivity index (χ2v) is 3.96. The van der Waals surface area contributed by atoms with E-state index in [1.54, 1.807) is 12.1 Å². The van der Waals surface area contributed by atoms with Gasteiger partial charge >= 0.3 is 0 Å². The lowest BCUT2D eigenvalue weighted by Gasteiger charge is -2.19. The Bertz CT molecular complexity index is 298. The van der Waals surface area contributed by atoms with Crippen LogP contribution in [0.15, 0.2) is 24.3 Å². The number of rotatable bonds is 6. The quantitative estimate of drug-likeness (QED) is 0.670. The summed E-state index contributed by atoms with van der Waals surface area (Å²) in [6, 6.07) is 6.15. The first kappa shape index (κ1) is 13.1. The van der Waals surface area contributed by atoms with Gasteiger partial charge in [-0.3, -0.25) is 0 Å². The van der Waals surface area contributed by atoms with Crippen LogP contribution in [-0.4, -0.2) is 35.5 Å². The SMILES string of the molecule is CC(Cc1ccc(F)cc1)NC(CO)CO. The van der Waals surface area contributed by atoms with Crippen molar-refractivity contribution in [2.45, 2.75) is 25.4 Å². The lowest BCUT2D eigenvalue weighted by atomic mass is 10.1. The predicted octanol–water partition coefficient (Wildman–Crippen LogP) is 0.700. The fraction of sp³-hybridized carbons (Fsp3) is 0.500. The zero-order chi connectivity index (χ0) is 12.0. The molecule has 1 unspecified atom stereocenters. The van der Waals surface area contributed by atoms with E-state index in [9.17, 15) is 4.39 Å². The van der Waals surface area contributed by atoms with Crippen LogP contribution in [0, 0.1) is 5.82 Å². The number of benzene rings is 1. The van der Waals surface area contributed by atoms with Gasteiger partial charge in [0.25, 0.3) is 0 Å². The maximum absolute atomic E-state index is 12.7. The van der Waals surface area contributed by atoms with Crippen molar-refractivity contribution < 1.29 is 14.6 Å². The second kappa shape index (κ2) is 6.58. The predicted molar refractivity (Wildman–Crippen MR) is 60.7 cm³/mol. The number of aliphatic hydroxyl groups excluding tert-OH is 2. The van der Waals surface area contributed by atoms with Gasteiger partial charge in [0.1, 0.15) is 5.82 Å². The highest BCUT2D eigenvalue weighted by Crippen LogP contribution is 2.06. The first-order chi connectivity index (χ1) is 7.65. The minimum atomic E-state index is -0.296. The smallest absolute Gasteiger partial charge is 0.123 e. The molecule has 4 heteroatoms. The van der Waals surface area contributed by atoms with Crippen molar-refractivity contribution in [3.05, 3.63) is 35.6 Å². The van der Waals surface area contributed by atoms with Crippen molar-refractivity contribution in [2.24, 2.45) is 0 Å². The summed E-state index contributed by atoms with van der Waals surface area (Å²) in [5, 5.41) is 20.9. The van der Waals surface area contributed by atoms with E-state index >= 15 is 0 Å². The summed E-state index contributed by atoms with van der Waals surface area (Å²) in [6.07, 6.45) is 0.733. The molecule has 1 aromatic carbocycles. The Hall–Kier alpha value is -0.970. The third-order valence-electron chi connectivity index (χ3n) is 2.42. The average molecular weight is 227 g/mol. The van der Waals surface area contributed by atoms with E-state index in [0.29, 0.717) is 0 Å². The van der Waals surface area contributed by atoms with Crippen LogP contribution in [0.1, 0.15) is 12.5 Å². The van der Waals surface area contributed by atoms with Crippen molar-refractivity contribution in [3.8, 4) is 0 Å². The lowest BCUT2D eigenvalue weighted by molar-refractivity contribution is 0.163. The van der Waals surface area contributed by atoms with E-state index in [1.807, 2.05) is 6.92 Å². The first-order valence-electron chi connectivity index (χ1n) is 5.38. The number of halogens is 1. The number of aliphatic hydroxyl groups is 2. The molecular formula is C12H18FNO2. The molecule has 0 saturated heterocycles. The average Bonchev–Trinajstić information content (AvgIpc) is 2.29. The molecule has 90 valence electrons. The molecule has 0 spiro atoms. The molecule has 0 heterocycles. The molecule has 0 saturated carbocycles. The summed E-state index contributed by atoms with van der Waals surface area (Å²) in [6.45, 7) is 1.77. The van der Waals surface area contributed by atoms with Crippen LogP contribution in [-0.2, 0) is 6.42 Å². The van der Waals surface area contributed by atoms with E-state index in [1.165, 1.54) is 12.1 Å². The summed E-state index contributed by atoms with van der Waals surface area (Å²) in [5.74, 6) is -0.243. The van der Waals surface area contributed by atoms with Gasteiger partial charge in [0, 0.05) is 6.04 Å². The topological polar surface area (TPSA) is 52.5 Å². The third kappa shape index (κ3) is 4.26. The molecule has 0 aromatic heterocycles. The summed E-state index contributed by atoms with van der Waals surface area (Å²) in [5.41, 5.74) is 1.02. The lowest BCUT2D eigenvalue weighted by Crippen LogP contribution is -2.42. The fourth-order valence-corrected chi connectivity index (χ4v) is 1.60. The van der Waals surface area contributed by atoms with Gasteiger partial charge in [-0.05, 0) is 31.0 Å². The molecule has 0 radical (unpaired) electrons. The Labute approximate surface area is 94.9 Å². The highest BCUT2D eigenvalue weighted by Gasteiger charge is 2.10. The van der Waals surface area contributed by atoms with Crippen molar-refractivity contribution in [3.63, 3.8) is 0 Å². The fourth-order valence-electron chi connectivity index (χ4n) is 1.60. The van der Waals surface area contributed by atoms with Crippen molar-refractivity contribution >= 4 is 0 Å². The van der Waals surface area contributed by atoms with Gasteiger partial charge in [-0.25, -0.2) is 4.39 Å². The van der Waals surface area contributed by atoms with E-state index < -0.39 is 0 Å². The van der Waals surface area contributed by atoms with Gasteiger partial charge in [0.2, 0.25) is 0 Å². The summed E-state index contributed by atoms with van der Waals surface area (Å²) < 4.78 is 12.7. The Morgan fingerprint density at radius 2 is 1.75 bits per heavy atom. The summed E-state index contributed by atoms with van der Waals surface area (Å²) in [7, 11) is 0. The van der Waals surface area contributed by atoms with Gasteiger partial charge in [0.15, 0.2) is 0 Å². The van der Waals surface area contributed by atoms with Crippen molar-refractivity contribution in [1.82, 2.24) is 5.32 Å². The third-order valence-corrected chi connectivity index (χ3v) is 2.42. The molecule has 0 amide bonds. The second-order valence-electron chi connectivity index (χ2n) is 3.96. The van der Waals surface area contributed by atoms with Crippen molar-refractivity contribution in [1.29, 1.82) is 0 Å². The molecule has 1 aromatic rings. The number of hydrogen-bond donors (Lipinski definition) is 3. The van der Waals surface area contributed by atoms with Crippen LogP contribution in [0.2, 0.25) is 0 Å². The molecule has 16 heavy (non-hydrogen) atoms. The summed E-state index contributed by atoms with van der Waals surface area (Å²) in [4.78, 5) is 0. The molecule has 3 N–H and O–H groups in total. The van der Waals surface area contributed by atoms with Crippen LogP contribution in [0.4, 0.5) is 4.39 Å². The van der Waals surface area contributed by atoms with Crippen LogP contribution in [0.5, 0.6) is 0 Å². The van der Waals surface area contributed by atoms with Gasteiger partial charge < -0.3 is 15.5 Å². The summed E-state index contributed by atoms with van der Waals surface area (Å²) >= 11 is 0. The van der Waals surface area contributed by atoms with Gasteiger partial charge in [-0.15, -0.1) is 0 Å². The Morgan fingerprint density at radius 1 is 1.19 bits per heavy atom. The largest absolute Gasteiger partial charge is 0.395 e. The van der Waals surface area contributed by atoms with Crippen molar-refractivity contribution in [2.75, 3.05) is 13.2 Å². The maximum Gasteiger partial charge on any atom is 0.123 e. The van der Waals surface area contributed by atoms with E-state index in [0.717, 1.165) is 12.0 Å². The molecule has 0 fully saturated rings. The Kier molecular flexibility index (Phi) is 5.38. The zero-order valence-electron chi connectivity index (χ0n) is 9.36. The molecule has 0 bridgehead atoms. The first-order valence-corrected chi connectivity index (χ1v) is 5.38. The van der Waals surface area contributed by atoms with Crippen LogP contribution >= 0.6 is 0 Å². The molecule has 0 aliphatic heterocycles. The Balaban J connectivity index is 2.44. The number of nitrogens with one attached hydrogen (secondary N) is 1. The molecule has 1 rings (SSSR count).